The molecule has 0 saturated carbocycles. The molecule has 19 heavy (non-hydrogen) atoms. The number of rotatable bonds is 2. The van der Waals surface area contributed by atoms with E-state index in [1.807, 2.05) is 6.92 Å². The van der Waals surface area contributed by atoms with Crippen LogP contribution in [0.25, 0.3) is 0 Å². The Morgan fingerprint density at radius 3 is 2.63 bits per heavy atom. The van der Waals surface area contributed by atoms with E-state index in [9.17, 15) is 4.79 Å². The van der Waals surface area contributed by atoms with Crippen LogP contribution in [0.5, 0.6) is 0 Å². The van der Waals surface area contributed by atoms with Crippen molar-refractivity contribution >= 4 is 67.8 Å². The molecule has 1 aromatic carbocycles. The summed E-state index contributed by atoms with van der Waals surface area (Å²) in [5.74, 6) is -0.259. The van der Waals surface area contributed by atoms with Gasteiger partial charge in [0.25, 0.3) is 5.91 Å². The van der Waals surface area contributed by atoms with Gasteiger partial charge in [0.1, 0.15) is 0 Å². The molecule has 0 aliphatic carbocycles. The highest BCUT2D eigenvalue weighted by molar-refractivity contribution is 9.10. The maximum absolute atomic E-state index is 12.1. The molecule has 0 radical (unpaired) electrons. The molecule has 2 rings (SSSR count). The van der Waals surface area contributed by atoms with E-state index < -0.39 is 0 Å². The minimum absolute atomic E-state index is 0.259. The molecule has 7 heteroatoms. The van der Waals surface area contributed by atoms with Crippen LogP contribution < -0.4 is 11.1 Å². The third-order valence-electron chi connectivity index (χ3n) is 2.46. The molecule has 0 aliphatic heterocycles. The lowest BCUT2D eigenvalue weighted by Gasteiger charge is -2.08. The number of benzene rings is 1. The molecular weight excluding hydrogens is 371 g/mol. The summed E-state index contributed by atoms with van der Waals surface area (Å²) in [5.41, 5.74) is 6.79. The third kappa shape index (κ3) is 3.05. The van der Waals surface area contributed by atoms with Gasteiger partial charge in [-0.3, -0.25) is 4.79 Å². The molecule has 0 fully saturated rings. The van der Waals surface area contributed by atoms with Gasteiger partial charge in [-0.2, -0.15) is 0 Å². The van der Waals surface area contributed by atoms with Crippen molar-refractivity contribution in [2.45, 2.75) is 6.92 Å². The predicted molar refractivity (Wildman–Crippen MR) is 85.6 cm³/mol. The Kier molecular flexibility index (Phi) is 4.40. The molecule has 0 saturated heterocycles. The summed E-state index contributed by atoms with van der Waals surface area (Å²) in [4.78, 5) is 13.5. The number of nitrogen functional groups attached to an aromatic ring is 1. The van der Waals surface area contributed by atoms with Crippen molar-refractivity contribution in [2.24, 2.45) is 0 Å². The summed E-state index contributed by atoms with van der Waals surface area (Å²) < 4.78 is 0.674. The van der Waals surface area contributed by atoms with Crippen LogP contribution in [0.15, 0.2) is 22.7 Å². The molecule has 1 heterocycles. The maximum atomic E-state index is 12.1. The molecule has 0 aliphatic rings. The lowest BCUT2D eigenvalue weighted by atomic mass is 10.3. The Bertz CT molecular complexity index is 638. The first-order valence-electron chi connectivity index (χ1n) is 5.21. The Morgan fingerprint density at radius 2 is 2.05 bits per heavy atom. The fraction of sp³-hybridized carbons (Fsp3) is 0.0833. The summed E-state index contributed by atoms with van der Waals surface area (Å²) in [6, 6.07) is 5.04. The van der Waals surface area contributed by atoms with E-state index in [1.54, 1.807) is 18.2 Å². The van der Waals surface area contributed by atoms with Gasteiger partial charge in [-0.15, -0.1) is 11.3 Å². The summed E-state index contributed by atoms with van der Waals surface area (Å²) in [7, 11) is 0. The molecule has 3 nitrogen and oxygen atoms in total. The van der Waals surface area contributed by atoms with E-state index in [0.29, 0.717) is 30.8 Å². The van der Waals surface area contributed by atoms with E-state index in [-0.39, 0.29) is 5.91 Å². The number of nitrogens with two attached hydrogens (primary N) is 1. The number of hydrogen-bond acceptors (Lipinski definition) is 3. The molecule has 0 bridgehead atoms. The topological polar surface area (TPSA) is 55.1 Å². The molecule has 1 aromatic heterocycles. The summed E-state index contributed by atoms with van der Waals surface area (Å²) >= 11 is 16.7. The van der Waals surface area contributed by atoms with Crippen LogP contribution in [0, 0.1) is 6.92 Å². The normalized spacial score (nSPS) is 10.5. The maximum Gasteiger partial charge on any atom is 0.265 e. The van der Waals surface area contributed by atoms with Crippen LogP contribution in [0.3, 0.4) is 0 Å². The van der Waals surface area contributed by atoms with Crippen molar-refractivity contribution in [3.05, 3.63) is 42.5 Å². The molecule has 100 valence electrons. The fourth-order valence-electron chi connectivity index (χ4n) is 1.41. The zero-order valence-corrected chi connectivity index (χ0v) is 13.7. The molecule has 0 spiro atoms. The standard InChI is InChI=1S/C12H9BrCl2N2OS/c1-5-7(16)4-9(19-5)12(18)17-8-3-2-6(13)10(14)11(8)15/h2-4H,16H2,1H3,(H,17,18). The van der Waals surface area contributed by atoms with E-state index in [4.69, 9.17) is 28.9 Å². The van der Waals surface area contributed by atoms with Crippen molar-refractivity contribution in [3.63, 3.8) is 0 Å². The van der Waals surface area contributed by atoms with E-state index >= 15 is 0 Å². The first-order chi connectivity index (χ1) is 8.90. The number of carbonyl (C=O) groups excluding carboxylic acids is 1. The number of anilines is 2. The average molecular weight is 380 g/mol. The van der Waals surface area contributed by atoms with Crippen LogP contribution in [0.4, 0.5) is 11.4 Å². The second-order valence-electron chi connectivity index (χ2n) is 3.80. The fourth-order valence-corrected chi connectivity index (χ4v) is 3.07. The molecule has 1 amide bonds. The average Bonchev–Trinajstić information content (AvgIpc) is 2.70. The van der Waals surface area contributed by atoms with Gasteiger partial charge in [-0.25, -0.2) is 0 Å². The van der Waals surface area contributed by atoms with Crippen molar-refractivity contribution in [3.8, 4) is 0 Å². The molecular formula is C12H9BrCl2N2OS. The zero-order valence-electron chi connectivity index (χ0n) is 9.76. The van der Waals surface area contributed by atoms with Crippen molar-refractivity contribution < 1.29 is 4.79 Å². The zero-order chi connectivity index (χ0) is 14.2. The van der Waals surface area contributed by atoms with Crippen LogP contribution in [0.1, 0.15) is 14.5 Å². The number of amides is 1. The first-order valence-corrected chi connectivity index (χ1v) is 7.57. The minimum atomic E-state index is -0.259. The van der Waals surface area contributed by atoms with E-state index in [2.05, 4.69) is 21.2 Å². The first kappa shape index (κ1) is 14.7. The van der Waals surface area contributed by atoms with Crippen molar-refractivity contribution in [1.82, 2.24) is 0 Å². The number of thiophene rings is 1. The van der Waals surface area contributed by atoms with Crippen molar-refractivity contribution in [2.75, 3.05) is 11.1 Å². The smallest absolute Gasteiger partial charge is 0.265 e. The molecule has 0 unspecified atom stereocenters. The van der Waals surface area contributed by atoms with Crippen LogP contribution in [-0.4, -0.2) is 5.91 Å². The lowest BCUT2D eigenvalue weighted by Crippen LogP contribution is -2.10. The quantitative estimate of drug-likeness (QED) is 0.724. The molecule has 3 N–H and O–H groups in total. The SMILES string of the molecule is Cc1sc(C(=O)Nc2ccc(Br)c(Cl)c2Cl)cc1N. The van der Waals surface area contributed by atoms with Gasteiger partial charge < -0.3 is 11.1 Å². The lowest BCUT2D eigenvalue weighted by molar-refractivity contribution is 0.103. The monoisotopic (exact) mass is 378 g/mol. The number of aryl methyl sites for hydroxylation is 1. The van der Waals surface area contributed by atoms with Gasteiger partial charge in [0.05, 0.1) is 20.6 Å². The van der Waals surface area contributed by atoms with Crippen LogP contribution in [0.2, 0.25) is 10.0 Å². The van der Waals surface area contributed by atoms with Gasteiger partial charge in [-0.05, 0) is 41.1 Å². The number of carbonyl (C=O) groups is 1. The van der Waals surface area contributed by atoms with Crippen LogP contribution >= 0.6 is 50.5 Å². The van der Waals surface area contributed by atoms with E-state index in [0.717, 1.165) is 4.88 Å². The summed E-state index contributed by atoms with van der Waals surface area (Å²) in [6.45, 7) is 1.86. The van der Waals surface area contributed by atoms with Gasteiger partial charge >= 0.3 is 0 Å². The highest BCUT2D eigenvalue weighted by Crippen LogP contribution is 2.36. The summed E-state index contributed by atoms with van der Waals surface area (Å²) in [5, 5.41) is 3.37. The Hall–Kier alpha value is -0.750. The minimum Gasteiger partial charge on any atom is -0.398 e. The summed E-state index contributed by atoms with van der Waals surface area (Å²) in [6.07, 6.45) is 0. The highest BCUT2D eigenvalue weighted by atomic mass is 79.9. The second-order valence-corrected chi connectivity index (χ2v) is 6.67. The Balaban J connectivity index is 2.27. The van der Waals surface area contributed by atoms with Crippen LogP contribution in [-0.2, 0) is 0 Å². The Morgan fingerprint density at radius 1 is 1.37 bits per heavy atom. The highest BCUT2D eigenvalue weighted by Gasteiger charge is 2.14. The largest absolute Gasteiger partial charge is 0.398 e. The van der Waals surface area contributed by atoms with Gasteiger partial charge in [0, 0.05) is 15.0 Å². The second kappa shape index (κ2) is 5.71. The van der Waals surface area contributed by atoms with Gasteiger partial charge in [0.2, 0.25) is 0 Å². The number of nitrogens with one attached hydrogen (secondary N) is 1. The molecule has 2 aromatic rings. The number of hydrogen-bond donors (Lipinski definition) is 2. The van der Waals surface area contributed by atoms with Gasteiger partial charge in [0.15, 0.2) is 0 Å². The van der Waals surface area contributed by atoms with Crippen molar-refractivity contribution in [1.29, 1.82) is 0 Å². The predicted octanol–water partition coefficient (Wildman–Crippen LogP) is 4.96. The third-order valence-corrected chi connectivity index (χ3v) is 5.30. The van der Waals surface area contributed by atoms with E-state index in [1.165, 1.54) is 11.3 Å². The molecule has 0 atom stereocenters. The number of halogens is 3. The Labute approximate surface area is 132 Å². The van der Waals surface area contributed by atoms with Gasteiger partial charge in [-0.1, -0.05) is 23.2 Å².